The van der Waals surface area contributed by atoms with E-state index in [9.17, 15) is 45.5 Å². The number of anilines is 3. The molecule has 2 atom stereocenters. The summed E-state index contributed by atoms with van der Waals surface area (Å²) in [5.41, 5.74) is -2.60. The number of carbonyl (C=O) groups is 4. The normalized spacial score (nSPS) is 24.3. The summed E-state index contributed by atoms with van der Waals surface area (Å²) in [6.07, 6.45) is -5.28. The SMILES string of the molecule is CC1(C)C(=O)N(c2cnc(C#N)c(C(F)(F)F)c2)C(=S)N1C1CCC(OCCCN2CCN(CC(=O)Nc3cccc(NC4CCC(=O)NC4=O)c3)[C@@H](C(F)(F)F)C2)CC1. The lowest BCUT2D eigenvalue weighted by molar-refractivity contribution is -0.197. The van der Waals surface area contributed by atoms with Gasteiger partial charge in [-0.3, -0.25) is 34.3 Å². The molecule has 324 valence electrons. The number of ether oxygens (including phenoxy) is 1. The van der Waals surface area contributed by atoms with Crippen molar-refractivity contribution in [2.75, 3.05) is 54.9 Å². The number of alkyl halides is 6. The molecule has 4 fully saturated rings. The summed E-state index contributed by atoms with van der Waals surface area (Å²) in [6.45, 7) is 3.49. The molecule has 1 aromatic heterocycles. The summed E-state index contributed by atoms with van der Waals surface area (Å²) in [7, 11) is 0. The first-order valence-electron chi connectivity index (χ1n) is 19.6. The maximum absolute atomic E-state index is 14.3. The molecule has 1 saturated carbocycles. The molecule has 6 rings (SSSR count). The van der Waals surface area contributed by atoms with Gasteiger partial charge >= 0.3 is 12.4 Å². The van der Waals surface area contributed by atoms with Crippen LogP contribution < -0.4 is 20.9 Å². The number of aromatic nitrogens is 1. The van der Waals surface area contributed by atoms with Crippen LogP contribution in [0.1, 0.15) is 70.1 Å². The first-order chi connectivity index (χ1) is 28.3. The molecule has 0 bridgehead atoms. The minimum Gasteiger partial charge on any atom is -0.378 e. The lowest BCUT2D eigenvalue weighted by Gasteiger charge is -2.42. The van der Waals surface area contributed by atoms with E-state index in [2.05, 4.69) is 20.9 Å². The van der Waals surface area contributed by atoms with Crippen LogP contribution in [-0.2, 0) is 30.1 Å². The number of piperidine rings is 1. The third-order valence-electron chi connectivity index (χ3n) is 11.3. The van der Waals surface area contributed by atoms with E-state index in [0.29, 0.717) is 75.7 Å². The zero-order valence-corrected chi connectivity index (χ0v) is 33.7. The van der Waals surface area contributed by atoms with E-state index in [-0.39, 0.29) is 48.4 Å². The molecule has 60 heavy (non-hydrogen) atoms. The first-order valence-corrected chi connectivity index (χ1v) is 20.0. The number of imide groups is 1. The van der Waals surface area contributed by atoms with Crippen molar-refractivity contribution in [3.8, 4) is 6.07 Å². The number of hydrogen-bond acceptors (Lipinski definition) is 11. The van der Waals surface area contributed by atoms with Crippen LogP contribution in [0.15, 0.2) is 36.5 Å². The number of amides is 4. The molecule has 4 amide bonds. The van der Waals surface area contributed by atoms with Crippen LogP contribution in [0.3, 0.4) is 0 Å². The number of rotatable bonds is 12. The molecule has 3 aliphatic heterocycles. The second-order valence-electron chi connectivity index (χ2n) is 15.8. The number of nitrogens with zero attached hydrogens (tertiary/aromatic N) is 6. The van der Waals surface area contributed by atoms with Crippen molar-refractivity contribution in [1.29, 1.82) is 5.26 Å². The quantitative estimate of drug-likeness (QED) is 0.116. The summed E-state index contributed by atoms with van der Waals surface area (Å²) in [5.74, 6) is -1.97. The Bertz CT molecular complexity index is 2020. The molecule has 3 N–H and O–H groups in total. The number of pyridine rings is 1. The second-order valence-corrected chi connectivity index (χ2v) is 16.2. The van der Waals surface area contributed by atoms with Gasteiger partial charge in [0, 0.05) is 56.6 Å². The minimum absolute atomic E-state index is 0.0133. The molecule has 14 nitrogen and oxygen atoms in total. The maximum atomic E-state index is 14.3. The minimum atomic E-state index is -4.87. The van der Waals surface area contributed by atoms with E-state index in [1.807, 2.05) is 0 Å². The Morgan fingerprint density at radius 3 is 2.43 bits per heavy atom. The number of halogens is 6. The third kappa shape index (κ3) is 10.2. The number of piperazine rings is 1. The number of nitriles is 1. The van der Waals surface area contributed by atoms with Crippen LogP contribution in [0.25, 0.3) is 0 Å². The Morgan fingerprint density at radius 1 is 1.05 bits per heavy atom. The summed E-state index contributed by atoms with van der Waals surface area (Å²) >= 11 is 5.65. The fraction of sp³-hybridized carbons (Fsp3) is 0.564. The molecule has 3 saturated heterocycles. The van der Waals surface area contributed by atoms with Gasteiger partial charge in [0.05, 0.1) is 30.1 Å². The first kappa shape index (κ1) is 44.6. The monoisotopic (exact) mass is 865 g/mol. The number of nitrogens with one attached hydrogen (secondary N) is 3. The Labute approximate surface area is 347 Å². The smallest absolute Gasteiger partial charge is 0.378 e. The fourth-order valence-electron chi connectivity index (χ4n) is 8.22. The molecule has 4 heterocycles. The van der Waals surface area contributed by atoms with Gasteiger partial charge in [-0.2, -0.15) is 31.6 Å². The van der Waals surface area contributed by atoms with Crippen LogP contribution in [0.2, 0.25) is 0 Å². The molecule has 1 unspecified atom stereocenters. The zero-order chi connectivity index (χ0) is 43.6. The van der Waals surface area contributed by atoms with E-state index in [1.54, 1.807) is 47.9 Å². The lowest BCUT2D eigenvalue weighted by atomic mass is 9.89. The molecule has 1 aliphatic carbocycles. The summed E-state index contributed by atoms with van der Waals surface area (Å²) in [6, 6.07) is 5.85. The maximum Gasteiger partial charge on any atom is 0.419 e. The highest BCUT2D eigenvalue weighted by Crippen LogP contribution is 2.40. The summed E-state index contributed by atoms with van der Waals surface area (Å²) in [4.78, 5) is 59.3. The molecule has 2 aromatic rings. The predicted octanol–water partition coefficient (Wildman–Crippen LogP) is 4.81. The van der Waals surface area contributed by atoms with Crippen molar-refractivity contribution in [3.05, 3.63) is 47.8 Å². The highest BCUT2D eigenvalue weighted by Gasteiger charge is 2.53. The molecule has 0 spiro atoms. The second kappa shape index (κ2) is 18.0. The van der Waals surface area contributed by atoms with Gasteiger partial charge in [-0.25, -0.2) is 4.98 Å². The lowest BCUT2D eigenvalue weighted by Crippen LogP contribution is -2.60. The van der Waals surface area contributed by atoms with Crippen LogP contribution in [0, 0.1) is 11.3 Å². The standard InChI is InChI=1S/C39H45F6N9O5S/c1-37(2)35(58)53(26-18-28(38(40,41)42)30(19-46)47-20-26)36(60)54(37)25-7-9-27(10-8-25)59-16-4-13-51-14-15-52(31(21-51)39(43,44)45)22-33(56)49-24-6-3-5-23(17-24)48-29-11-12-32(55)50-34(29)57/h3,5-6,17-18,20,25,27,29,31,48H,4,7-16,21-22H2,1-2H3,(H,49,56)(H,50,55,57)/t25?,27?,29?,31-/m1/s1. The molecular weight excluding hydrogens is 821 g/mol. The van der Waals surface area contributed by atoms with E-state index >= 15 is 0 Å². The number of benzene rings is 1. The van der Waals surface area contributed by atoms with Crippen LogP contribution in [0.5, 0.6) is 0 Å². The fourth-order valence-corrected chi connectivity index (χ4v) is 8.79. The van der Waals surface area contributed by atoms with Crippen molar-refractivity contribution >= 4 is 58.0 Å². The van der Waals surface area contributed by atoms with Gasteiger partial charge in [-0.1, -0.05) is 6.07 Å². The summed E-state index contributed by atoms with van der Waals surface area (Å²) in [5, 5.41) is 17.1. The van der Waals surface area contributed by atoms with Gasteiger partial charge in [0.25, 0.3) is 5.91 Å². The van der Waals surface area contributed by atoms with Gasteiger partial charge in [-0.05, 0) is 88.9 Å². The van der Waals surface area contributed by atoms with Crippen molar-refractivity contribution in [3.63, 3.8) is 0 Å². The Hall–Kier alpha value is -4.91. The zero-order valence-electron chi connectivity index (χ0n) is 32.9. The molecule has 0 radical (unpaired) electrons. The van der Waals surface area contributed by atoms with Gasteiger partial charge in [0.1, 0.15) is 23.7 Å². The van der Waals surface area contributed by atoms with Crippen LogP contribution >= 0.6 is 12.2 Å². The van der Waals surface area contributed by atoms with Crippen molar-refractivity contribution < 1.29 is 50.3 Å². The van der Waals surface area contributed by atoms with E-state index < -0.39 is 65.5 Å². The Morgan fingerprint density at radius 2 is 1.77 bits per heavy atom. The van der Waals surface area contributed by atoms with Gasteiger partial charge in [0.2, 0.25) is 17.7 Å². The van der Waals surface area contributed by atoms with Crippen LogP contribution in [0.4, 0.5) is 43.4 Å². The number of hydrogen-bond donors (Lipinski definition) is 3. The molecule has 21 heteroatoms. The predicted molar refractivity (Wildman–Crippen MR) is 209 cm³/mol. The van der Waals surface area contributed by atoms with E-state index in [0.717, 1.165) is 16.0 Å². The average Bonchev–Trinajstić information content (AvgIpc) is 3.36. The topological polar surface area (TPSA) is 163 Å². The Balaban J connectivity index is 0.946. The van der Waals surface area contributed by atoms with Gasteiger partial charge < -0.3 is 25.2 Å². The van der Waals surface area contributed by atoms with E-state index in [4.69, 9.17) is 22.2 Å². The van der Waals surface area contributed by atoms with Gasteiger partial charge in [-0.15, -0.1) is 0 Å². The van der Waals surface area contributed by atoms with E-state index in [1.165, 1.54) is 6.07 Å². The average molecular weight is 866 g/mol. The van der Waals surface area contributed by atoms with Crippen molar-refractivity contribution in [2.45, 2.75) is 101 Å². The van der Waals surface area contributed by atoms with Crippen molar-refractivity contribution in [2.24, 2.45) is 0 Å². The van der Waals surface area contributed by atoms with Gasteiger partial charge in [0.15, 0.2) is 10.8 Å². The third-order valence-corrected chi connectivity index (χ3v) is 11.7. The van der Waals surface area contributed by atoms with Crippen molar-refractivity contribution in [1.82, 2.24) is 25.0 Å². The number of thiocarbonyl (C=S) groups is 1. The highest BCUT2D eigenvalue weighted by atomic mass is 32.1. The largest absolute Gasteiger partial charge is 0.419 e. The van der Waals surface area contributed by atoms with Crippen LogP contribution in [-0.4, -0.2) is 124 Å². The highest BCUT2D eigenvalue weighted by molar-refractivity contribution is 7.80. The molecular formula is C39H45F6N9O5S. The Kier molecular flexibility index (Phi) is 13.4. The molecule has 1 aromatic carbocycles. The number of carbonyl (C=O) groups excluding carboxylic acids is 4. The summed E-state index contributed by atoms with van der Waals surface area (Å²) < 4.78 is 89.9. The molecule has 4 aliphatic rings.